The first-order valence-corrected chi connectivity index (χ1v) is 9.85. The molecule has 1 amide bonds. The van der Waals surface area contributed by atoms with E-state index in [0.29, 0.717) is 42.4 Å². The second-order valence-corrected chi connectivity index (χ2v) is 7.51. The Kier molecular flexibility index (Phi) is 6.32. The fourth-order valence-electron chi connectivity index (χ4n) is 3.39. The van der Waals surface area contributed by atoms with Crippen molar-refractivity contribution in [1.29, 1.82) is 0 Å². The van der Waals surface area contributed by atoms with Gasteiger partial charge in [-0.25, -0.2) is 0 Å². The molecule has 29 heavy (non-hydrogen) atoms. The van der Waals surface area contributed by atoms with Crippen LogP contribution in [0.4, 0.5) is 0 Å². The molecule has 0 radical (unpaired) electrons. The zero-order valence-electron chi connectivity index (χ0n) is 17.0. The number of aliphatic hydroxyl groups is 1. The third-order valence-corrected chi connectivity index (χ3v) is 4.70. The lowest BCUT2D eigenvalue weighted by atomic mass is 9.96. The largest absolute Gasteiger partial charge is 0.507 e. The van der Waals surface area contributed by atoms with Crippen LogP contribution in [0.25, 0.3) is 5.76 Å². The molecule has 1 atom stereocenters. The Bertz CT molecular complexity index is 921. The summed E-state index contributed by atoms with van der Waals surface area (Å²) in [6.07, 6.45) is 3.95. The van der Waals surface area contributed by atoms with E-state index >= 15 is 0 Å². The third kappa shape index (κ3) is 4.31. The summed E-state index contributed by atoms with van der Waals surface area (Å²) in [5.74, 6) is -0.528. The molecule has 2 aromatic rings. The smallest absolute Gasteiger partial charge is 0.295 e. The third-order valence-electron chi connectivity index (χ3n) is 4.70. The van der Waals surface area contributed by atoms with Crippen molar-refractivity contribution >= 4 is 17.4 Å². The molecule has 1 aliphatic heterocycles. The number of hydrogen-bond donors (Lipinski definition) is 1. The molecule has 0 spiro atoms. The van der Waals surface area contributed by atoms with Gasteiger partial charge in [-0.2, -0.15) is 0 Å². The van der Waals surface area contributed by atoms with Crippen molar-refractivity contribution in [2.24, 2.45) is 5.92 Å². The summed E-state index contributed by atoms with van der Waals surface area (Å²) in [5, 5.41) is 11.0. The van der Waals surface area contributed by atoms with E-state index in [1.54, 1.807) is 42.7 Å². The maximum absolute atomic E-state index is 12.8. The van der Waals surface area contributed by atoms with Crippen molar-refractivity contribution in [3.05, 3.63) is 65.5 Å². The predicted molar refractivity (Wildman–Crippen MR) is 110 cm³/mol. The molecule has 0 saturated carbocycles. The maximum atomic E-state index is 12.8. The van der Waals surface area contributed by atoms with Crippen LogP contribution in [0.15, 0.2) is 54.4 Å². The van der Waals surface area contributed by atoms with Crippen molar-refractivity contribution in [2.75, 3.05) is 13.2 Å². The highest BCUT2D eigenvalue weighted by Crippen LogP contribution is 2.39. The SMILES string of the molecule is CCCN1C(=O)C(=O)/C(=C(\O)c2cccc(OCC(C)C)c2)C1c1cccnc1. The van der Waals surface area contributed by atoms with E-state index in [2.05, 4.69) is 4.98 Å². The first-order chi connectivity index (χ1) is 13.9. The quantitative estimate of drug-likeness (QED) is 0.437. The molecule has 6 nitrogen and oxygen atoms in total. The minimum atomic E-state index is -0.682. The summed E-state index contributed by atoms with van der Waals surface area (Å²) in [4.78, 5) is 31.1. The number of ketones is 1. The summed E-state index contributed by atoms with van der Waals surface area (Å²) in [5.41, 5.74) is 1.21. The molecule has 1 unspecified atom stereocenters. The molecule has 3 rings (SSSR count). The lowest BCUT2D eigenvalue weighted by Crippen LogP contribution is -2.30. The van der Waals surface area contributed by atoms with Crippen molar-refractivity contribution in [2.45, 2.75) is 33.2 Å². The van der Waals surface area contributed by atoms with E-state index in [1.165, 1.54) is 4.90 Å². The molecule has 1 aromatic carbocycles. The lowest BCUT2D eigenvalue weighted by Gasteiger charge is -2.24. The average molecular weight is 394 g/mol. The molecule has 1 N–H and O–H groups in total. The zero-order valence-corrected chi connectivity index (χ0v) is 17.0. The number of amides is 1. The van der Waals surface area contributed by atoms with Gasteiger partial charge in [-0.3, -0.25) is 14.6 Å². The number of likely N-dealkylation sites (tertiary alicyclic amines) is 1. The monoisotopic (exact) mass is 394 g/mol. The summed E-state index contributed by atoms with van der Waals surface area (Å²) >= 11 is 0. The van der Waals surface area contributed by atoms with Gasteiger partial charge in [0.1, 0.15) is 11.5 Å². The number of benzene rings is 1. The number of hydrogen-bond acceptors (Lipinski definition) is 5. The van der Waals surface area contributed by atoms with Crippen LogP contribution < -0.4 is 4.74 Å². The van der Waals surface area contributed by atoms with Gasteiger partial charge in [0.15, 0.2) is 0 Å². The number of aromatic nitrogens is 1. The van der Waals surface area contributed by atoms with Gasteiger partial charge in [0.05, 0.1) is 18.2 Å². The number of pyridine rings is 1. The number of carbonyl (C=O) groups excluding carboxylic acids is 2. The van der Waals surface area contributed by atoms with Crippen LogP contribution in [0, 0.1) is 5.92 Å². The Labute approximate surface area is 170 Å². The number of nitrogens with zero attached hydrogens (tertiary/aromatic N) is 2. The molecule has 6 heteroatoms. The van der Waals surface area contributed by atoms with Gasteiger partial charge in [0, 0.05) is 24.5 Å². The number of aliphatic hydroxyl groups excluding tert-OH is 1. The fourth-order valence-corrected chi connectivity index (χ4v) is 3.39. The van der Waals surface area contributed by atoms with Crippen molar-refractivity contribution in [1.82, 2.24) is 9.88 Å². The normalized spacial score (nSPS) is 18.5. The van der Waals surface area contributed by atoms with E-state index in [-0.39, 0.29) is 11.3 Å². The summed E-state index contributed by atoms with van der Waals surface area (Å²) < 4.78 is 5.73. The van der Waals surface area contributed by atoms with Crippen LogP contribution >= 0.6 is 0 Å². The minimum absolute atomic E-state index is 0.0810. The molecule has 1 fully saturated rings. The van der Waals surface area contributed by atoms with Crippen LogP contribution in [-0.2, 0) is 9.59 Å². The Morgan fingerprint density at radius 3 is 2.69 bits per heavy atom. The summed E-state index contributed by atoms with van der Waals surface area (Å²) in [6, 6.07) is 9.84. The highest BCUT2D eigenvalue weighted by Gasteiger charge is 2.45. The van der Waals surface area contributed by atoms with E-state index in [9.17, 15) is 14.7 Å². The van der Waals surface area contributed by atoms with Crippen LogP contribution in [0.1, 0.15) is 44.4 Å². The van der Waals surface area contributed by atoms with Crippen LogP contribution in [-0.4, -0.2) is 39.8 Å². The van der Waals surface area contributed by atoms with Crippen molar-refractivity contribution < 1.29 is 19.4 Å². The molecule has 1 aromatic heterocycles. The molecular formula is C23H26N2O4. The molecule has 152 valence electrons. The van der Waals surface area contributed by atoms with Crippen molar-refractivity contribution in [3.63, 3.8) is 0 Å². The lowest BCUT2D eigenvalue weighted by molar-refractivity contribution is -0.139. The Morgan fingerprint density at radius 1 is 1.24 bits per heavy atom. The fraction of sp³-hybridized carbons (Fsp3) is 0.348. The summed E-state index contributed by atoms with van der Waals surface area (Å²) in [6.45, 7) is 6.99. The van der Waals surface area contributed by atoms with Gasteiger partial charge in [-0.15, -0.1) is 0 Å². The molecule has 1 saturated heterocycles. The number of rotatable bonds is 7. The van der Waals surface area contributed by atoms with Gasteiger partial charge >= 0.3 is 0 Å². The molecule has 0 bridgehead atoms. The van der Waals surface area contributed by atoms with E-state index in [0.717, 1.165) is 0 Å². The first kappa shape index (κ1) is 20.6. The standard InChI is InChI=1S/C23H26N2O4/c1-4-11-25-20(17-8-6-10-24-13-17)19(22(27)23(25)28)21(26)16-7-5-9-18(12-16)29-14-15(2)3/h5-10,12-13,15,20,26H,4,11,14H2,1-3H3/b21-19-. The highest BCUT2D eigenvalue weighted by molar-refractivity contribution is 6.46. The Morgan fingerprint density at radius 2 is 2.03 bits per heavy atom. The Balaban J connectivity index is 2.07. The van der Waals surface area contributed by atoms with E-state index < -0.39 is 17.7 Å². The van der Waals surface area contributed by atoms with Gasteiger partial charge in [0.2, 0.25) is 0 Å². The second-order valence-electron chi connectivity index (χ2n) is 7.51. The molecule has 0 aliphatic carbocycles. The van der Waals surface area contributed by atoms with E-state index in [4.69, 9.17) is 4.74 Å². The maximum Gasteiger partial charge on any atom is 0.295 e. The number of carbonyl (C=O) groups is 2. The van der Waals surface area contributed by atoms with Crippen LogP contribution in [0.3, 0.4) is 0 Å². The molecular weight excluding hydrogens is 368 g/mol. The molecule has 1 aliphatic rings. The van der Waals surface area contributed by atoms with Gasteiger partial charge in [-0.05, 0) is 36.1 Å². The number of Topliss-reactive ketones (excluding diaryl/α,β-unsaturated/α-hetero) is 1. The molecule has 2 heterocycles. The van der Waals surface area contributed by atoms with Gasteiger partial charge in [-0.1, -0.05) is 39.0 Å². The van der Waals surface area contributed by atoms with Crippen LogP contribution in [0.5, 0.6) is 5.75 Å². The number of ether oxygens (including phenoxy) is 1. The second kappa shape index (κ2) is 8.90. The van der Waals surface area contributed by atoms with E-state index in [1.807, 2.05) is 26.8 Å². The van der Waals surface area contributed by atoms with Crippen LogP contribution in [0.2, 0.25) is 0 Å². The average Bonchev–Trinajstić information content (AvgIpc) is 2.98. The summed E-state index contributed by atoms with van der Waals surface area (Å²) in [7, 11) is 0. The first-order valence-electron chi connectivity index (χ1n) is 9.85. The zero-order chi connectivity index (χ0) is 21.0. The van der Waals surface area contributed by atoms with Gasteiger partial charge in [0.25, 0.3) is 11.7 Å². The Hall–Kier alpha value is -3.15. The van der Waals surface area contributed by atoms with Gasteiger partial charge < -0.3 is 14.7 Å². The topological polar surface area (TPSA) is 79.7 Å². The van der Waals surface area contributed by atoms with Crippen molar-refractivity contribution in [3.8, 4) is 5.75 Å². The predicted octanol–water partition coefficient (Wildman–Crippen LogP) is 3.95. The highest BCUT2D eigenvalue weighted by atomic mass is 16.5. The minimum Gasteiger partial charge on any atom is -0.507 e.